The van der Waals surface area contributed by atoms with Crippen molar-refractivity contribution in [3.63, 3.8) is 0 Å². The number of esters is 1. The maximum absolute atomic E-state index is 11.8. The topological polar surface area (TPSA) is 82.4 Å². The van der Waals surface area contributed by atoms with E-state index in [1.807, 2.05) is 6.07 Å². The number of methoxy groups -OCH3 is 1. The molecule has 19 heavy (non-hydrogen) atoms. The van der Waals surface area contributed by atoms with Gasteiger partial charge in [0.25, 0.3) is 0 Å². The second-order valence-corrected chi connectivity index (χ2v) is 3.87. The number of carbonyl (C=O) groups excluding carboxylic acids is 2. The summed E-state index contributed by atoms with van der Waals surface area (Å²) in [6.45, 7) is 0.260. The number of carbonyl (C=O) groups is 2. The van der Waals surface area contributed by atoms with Crippen molar-refractivity contribution in [2.24, 2.45) is 0 Å². The minimum Gasteiger partial charge on any atom is -0.469 e. The normalized spacial score (nSPS) is 9.32. The van der Waals surface area contributed by atoms with Crippen LogP contribution in [0.2, 0.25) is 0 Å². The van der Waals surface area contributed by atoms with Crippen LogP contribution in [0.3, 0.4) is 0 Å². The molecule has 0 unspecified atom stereocenters. The average molecular weight is 261 g/mol. The lowest BCUT2D eigenvalue weighted by atomic mass is 10.2. The first-order valence-corrected chi connectivity index (χ1v) is 5.66. The van der Waals surface area contributed by atoms with E-state index in [2.05, 4.69) is 10.1 Å². The average Bonchev–Trinajstić information content (AvgIpc) is 2.44. The Morgan fingerprint density at radius 3 is 2.84 bits per heavy atom. The molecule has 1 rings (SSSR count). The summed E-state index contributed by atoms with van der Waals surface area (Å²) in [7, 11) is 2.88. The van der Waals surface area contributed by atoms with Gasteiger partial charge in [-0.25, -0.2) is 4.79 Å². The quantitative estimate of drug-likeness (QED) is 0.834. The van der Waals surface area contributed by atoms with Gasteiger partial charge in [-0.15, -0.1) is 0 Å². The van der Waals surface area contributed by atoms with Crippen molar-refractivity contribution < 1.29 is 14.3 Å². The molecule has 0 radical (unpaired) electrons. The van der Waals surface area contributed by atoms with Crippen LogP contribution in [0.5, 0.6) is 0 Å². The maximum Gasteiger partial charge on any atom is 0.321 e. The number of benzene rings is 1. The Bertz CT molecular complexity index is 508. The lowest BCUT2D eigenvalue weighted by molar-refractivity contribution is -0.140. The van der Waals surface area contributed by atoms with E-state index in [4.69, 9.17) is 5.26 Å². The van der Waals surface area contributed by atoms with Crippen LogP contribution in [0.25, 0.3) is 0 Å². The van der Waals surface area contributed by atoms with Crippen LogP contribution in [-0.2, 0) is 9.53 Å². The predicted octanol–water partition coefficient (Wildman–Crippen LogP) is 1.59. The van der Waals surface area contributed by atoms with E-state index in [1.54, 1.807) is 31.3 Å². The number of anilines is 1. The second-order valence-electron chi connectivity index (χ2n) is 3.87. The molecular weight excluding hydrogens is 246 g/mol. The number of ether oxygens (including phenoxy) is 1. The van der Waals surface area contributed by atoms with Gasteiger partial charge in [-0.3, -0.25) is 4.79 Å². The number of amides is 2. The Balaban J connectivity index is 2.54. The van der Waals surface area contributed by atoms with Crippen LogP contribution in [0.15, 0.2) is 24.3 Å². The Kier molecular flexibility index (Phi) is 5.35. The second kappa shape index (κ2) is 7.01. The first kappa shape index (κ1) is 14.5. The molecule has 1 N–H and O–H groups in total. The van der Waals surface area contributed by atoms with Crippen molar-refractivity contribution in [2.75, 3.05) is 26.0 Å². The molecule has 0 aromatic heterocycles. The number of urea groups is 1. The zero-order chi connectivity index (χ0) is 14.3. The van der Waals surface area contributed by atoms with Crippen molar-refractivity contribution in [1.82, 2.24) is 4.90 Å². The summed E-state index contributed by atoms with van der Waals surface area (Å²) >= 11 is 0. The lowest BCUT2D eigenvalue weighted by Gasteiger charge is -2.17. The minimum atomic E-state index is -0.369. The first-order chi connectivity index (χ1) is 9.06. The molecule has 0 spiro atoms. The highest BCUT2D eigenvalue weighted by Crippen LogP contribution is 2.10. The molecule has 100 valence electrons. The van der Waals surface area contributed by atoms with Gasteiger partial charge in [0.15, 0.2) is 0 Å². The van der Waals surface area contributed by atoms with Crippen LogP contribution in [0.1, 0.15) is 12.0 Å². The fourth-order valence-electron chi connectivity index (χ4n) is 1.35. The molecule has 0 heterocycles. The summed E-state index contributed by atoms with van der Waals surface area (Å²) in [4.78, 5) is 24.1. The molecule has 0 aliphatic rings. The Hall–Kier alpha value is -2.55. The van der Waals surface area contributed by atoms with Crippen molar-refractivity contribution in [3.05, 3.63) is 29.8 Å². The van der Waals surface area contributed by atoms with Crippen LogP contribution >= 0.6 is 0 Å². The SMILES string of the molecule is COC(=O)CCN(C)C(=O)Nc1cccc(C#N)c1. The highest BCUT2D eigenvalue weighted by molar-refractivity contribution is 5.89. The highest BCUT2D eigenvalue weighted by Gasteiger charge is 2.11. The van der Waals surface area contributed by atoms with Gasteiger partial charge in [0, 0.05) is 19.3 Å². The molecule has 0 fully saturated rings. The van der Waals surface area contributed by atoms with Gasteiger partial charge in [0.2, 0.25) is 0 Å². The number of nitriles is 1. The molecule has 1 aromatic rings. The van der Waals surface area contributed by atoms with Gasteiger partial charge >= 0.3 is 12.0 Å². The molecule has 0 atom stereocenters. The van der Waals surface area contributed by atoms with Crippen molar-refractivity contribution in [3.8, 4) is 6.07 Å². The van der Waals surface area contributed by atoms with Gasteiger partial charge in [-0.2, -0.15) is 5.26 Å². The van der Waals surface area contributed by atoms with E-state index < -0.39 is 0 Å². The van der Waals surface area contributed by atoms with Crippen molar-refractivity contribution in [1.29, 1.82) is 5.26 Å². The van der Waals surface area contributed by atoms with E-state index in [0.29, 0.717) is 11.3 Å². The van der Waals surface area contributed by atoms with Gasteiger partial charge < -0.3 is 15.0 Å². The number of hydrogen-bond donors (Lipinski definition) is 1. The molecule has 6 nitrogen and oxygen atoms in total. The predicted molar refractivity (Wildman–Crippen MR) is 69.4 cm³/mol. The zero-order valence-corrected chi connectivity index (χ0v) is 10.8. The van der Waals surface area contributed by atoms with Gasteiger partial charge in [-0.1, -0.05) is 6.07 Å². The van der Waals surface area contributed by atoms with E-state index in [9.17, 15) is 9.59 Å². The molecule has 0 bridgehead atoms. The number of nitrogens with one attached hydrogen (secondary N) is 1. The van der Waals surface area contributed by atoms with Crippen molar-refractivity contribution >= 4 is 17.7 Å². The molecule has 0 aliphatic carbocycles. The van der Waals surface area contributed by atoms with Crippen LogP contribution in [0, 0.1) is 11.3 Å². The Labute approximate surface area is 111 Å². The molecule has 0 saturated carbocycles. The van der Waals surface area contributed by atoms with Crippen LogP contribution in [-0.4, -0.2) is 37.6 Å². The minimum absolute atomic E-state index is 0.138. The smallest absolute Gasteiger partial charge is 0.321 e. The van der Waals surface area contributed by atoms with E-state index in [0.717, 1.165) is 0 Å². The lowest BCUT2D eigenvalue weighted by Crippen LogP contribution is -2.33. The zero-order valence-electron chi connectivity index (χ0n) is 10.8. The standard InChI is InChI=1S/C13H15N3O3/c1-16(7-6-12(17)19-2)13(18)15-11-5-3-4-10(8-11)9-14/h3-5,8H,6-7H2,1-2H3,(H,15,18). The van der Waals surface area contributed by atoms with Gasteiger partial charge in [-0.05, 0) is 18.2 Å². The Morgan fingerprint density at radius 2 is 2.21 bits per heavy atom. The van der Waals surface area contributed by atoms with Crippen LogP contribution in [0.4, 0.5) is 10.5 Å². The summed E-state index contributed by atoms with van der Waals surface area (Å²) in [5.74, 6) is -0.369. The molecule has 2 amide bonds. The van der Waals surface area contributed by atoms with E-state index in [-0.39, 0.29) is 25.0 Å². The summed E-state index contributed by atoms with van der Waals surface area (Å²) < 4.78 is 4.50. The van der Waals surface area contributed by atoms with Crippen molar-refractivity contribution in [2.45, 2.75) is 6.42 Å². The summed E-state index contributed by atoms with van der Waals surface area (Å²) in [6, 6.07) is 8.24. The monoisotopic (exact) mass is 261 g/mol. The fourth-order valence-corrected chi connectivity index (χ4v) is 1.35. The van der Waals surface area contributed by atoms with Gasteiger partial charge in [0.1, 0.15) is 0 Å². The molecule has 0 aliphatic heterocycles. The number of nitrogens with zero attached hydrogens (tertiary/aromatic N) is 2. The molecule has 6 heteroatoms. The number of rotatable bonds is 4. The third kappa shape index (κ3) is 4.68. The largest absolute Gasteiger partial charge is 0.469 e. The van der Waals surface area contributed by atoms with Gasteiger partial charge in [0.05, 0.1) is 25.2 Å². The summed E-state index contributed by atoms with van der Waals surface area (Å²) in [6.07, 6.45) is 0.138. The number of hydrogen-bond acceptors (Lipinski definition) is 4. The summed E-state index contributed by atoms with van der Waals surface area (Å²) in [5, 5.41) is 11.4. The summed E-state index contributed by atoms with van der Waals surface area (Å²) in [5.41, 5.74) is 1.00. The molecular formula is C13H15N3O3. The third-order valence-electron chi connectivity index (χ3n) is 2.47. The van der Waals surface area contributed by atoms with E-state index >= 15 is 0 Å². The first-order valence-electron chi connectivity index (χ1n) is 5.66. The van der Waals surface area contributed by atoms with E-state index in [1.165, 1.54) is 12.0 Å². The molecule has 1 aromatic carbocycles. The van der Waals surface area contributed by atoms with Crippen LogP contribution < -0.4 is 5.32 Å². The molecule has 0 saturated heterocycles. The fraction of sp³-hybridized carbons (Fsp3) is 0.308. The maximum atomic E-state index is 11.8. The third-order valence-corrected chi connectivity index (χ3v) is 2.47. The Morgan fingerprint density at radius 1 is 1.47 bits per heavy atom. The highest BCUT2D eigenvalue weighted by atomic mass is 16.5.